The van der Waals surface area contributed by atoms with Crippen LogP contribution in [0.5, 0.6) is 0 Å². The highest BCUT2D eigenvalue weighted by Crippen LogP contribution is 2.30. The molecule has 1 aromatic carbocycles. The van der Waals surface area contributed by atoms with Crippen molar-refractivity contribution < 1.29 is 4.79 Å². The van der Waals surface area contributed by atoms with E-state index in [2.05, 4.69) is 5.32 Å². The molecule has 1 unspecified atom stereocenters. The summed E-state index contributed by atoms with van der Waals surface area (Å²) in [5, 5.41) is 3.30. The van der Waals surface area contributed by atoms with Gasteiger partial charge in [0.05, 0.1) is 0 Å². The van der Waals surface area contributed by atoms with Crippen LogP contribution in [0.1, 0.15) is 12.8 Å². The molecule has 3 N–H and O–H groups in total. The molecule has 1 aromatic rings. The number of thioether (sulfide) groups is 1. The van der Waals surface area contributed by atoms with Gasteiger partial charge >= 0.3 is 0 Å². The van der Waals surface area contributed by atoms with Crippen LogP contribution in [0.2, 0.25) is 0 Å². The van der Waals surface area contributed by atoms with E-state index in [4.69, 9.17) is 5.73 Å². The number of para-hydroxylation sites is 1. The van der Waals surface area contributed by atoms with Crippen LogP contribution in [-0.2, 0) is 4.79 Å². The fourth-order valence-electron chi connectivity index (χ4n) is 1.95. The Bertz CT molecular complexity index is 361. The fraction of sp³-hybridized carbons (Fsp3) is 0.417. The molecule has 0 radical (unpaired) electrons. The third-order valence-corrected chi connectivity index (χ3v) is 4.14. The van der Waals surface area contributed by atoms with Crippen LogP contribution in [0.25, 0.3) is 0 Å². The second-order valence-corrected chi connectivity index (χ2v) is 5.20. The van der Waals surface area contributed by atoms with Gasteiger partial charge in [-0.3, -0.25) is 4.79 Å². The molecular formula is C12H16N2OS. The first-order chi connectivity index (χ1) is 7.73. The molecule has 0 saturated carbocycles. The van der Waals surface area contributed by atoms with Crippen molar-refractivity contribution in [2.75, 3.05) is 16.8 Å². The molecule has 3 nitrogen and oxygen atoms in total. The number of carbonyl (C=O) groups excluding carboxylic acids is 1. The zero-order valence-electron chi connectivity index (χ0n) is 9.11. The van der Waals surface area contributed by atoms with E-state index in [-0.39, 0.29) is 5.91 Å². The molecule has 4 heteroatoms. The summed E-state index contributed by atoms with van der Waals surface area (Å²) >= 11 is 1.79. The Labute approximate surface area is 99.8 Å². The summed E-state index contributed by atoms with van der Waals surface area (Å²) in [6.45, 7) is 0. The summed E-state index contributed by atoms with van der Waals surface area (Å²) in [5.74, 6) is 1.63. The molecule has 86 valence electrons. The maximum Gasteiger partial charge on any atom is 0.243 e. The molecule has 1 heterocycles. The van der Waals surface area contributed by atoms with Crippen molar-refractivity contribution >= 4 is 23.4 Å². The fourth-order valence-corrected chi connectivity index (χ4v) is 3.15. The number of nitrogens with one attached hydrogen (secondary N) is 1. The molecule has 1 saturated heterocycles. The standard InChI is InChI=1S/C12H16N2OS/c13-11(15)12(7-4-8-16-9-12)14-10-5-2-1-3-6-10/h1-3,5-6,14H,4,7-9H2,(H2,13,15). The lowest BCUT2D eigenvalue weighted by molar-refractivity contribution is -0.121. The van der Waals surface area contributed by atoms with Gasteiger partial charge in [0.15, 0.2) is 0 Å². The van der Waals surface area contributed by atoms with Gasteiger partial charge in [0.2, 0.25) is 5.91 Å². The Hall–Kier alpha value is -1.16. The van der Waals surface area contributed by atoms with Gasteiger partial charge in [0.25, 0.3) is 0 Å². The monoisotopic (exact) mass is 236 g/mol. The largest absolute Gasteiger partial charge is 0.371 e. The summed E-state index contributed by atoms with van der Waals surface area (Å²) < 4.78 is 0. The number of benzene rings is 1. The van der Waals surface area contributed by atoms with Crippen molar-refractivity contribution in [1.29, 1.82) is 0 Å². The Kier molecular flexibility index (Phi) is 3.39. The van der Waals surface area contributed by atoms with Crippen molar-refractivity contribution in [1.82, 2.24) is 0 Å². The van der Waals surface area contributed by atoms with Gasteiger partial charge in [-0.2, -0.15) is 11.8 Å². The van der Waals surface area contributed by atoms with Crippen molar-refractivity contribution in [3.05, 3.63) is 30.3 Å². The van der Waals surface area contributed by atoms with Crippen LogP contribution in [0.3, 0.4) is 0 Å². The van der Waals surface area contributed by atoms with E-state index < -0.39 is 5.54 Å². The molecule has 0 bridgehead atoms. The average molecular weight is 236 g/mol. The van der Waals surface area contributed by atoms with Crippen LogP contribution < -0.4 is 11.1 Å². The number of hydrogen-bond acceptors (Lipinski definition) is 3. The molecular weight excluding hydrogens is 220 g/mol. The Morgan fingerprint density at radius 2 is 2.12 bits per heavy atom. The minimum Gasteiger partial charge on any atom is -0.371 e. The predicted octanol–water partition coefficient (Wildman–Crippen LogP) is 1.85. The predicted molar refractivity (Wildman–Crippen MR) is 68.5 cm³/mol. The zero-order chi connectivity index (χ0) is 11.4. The van der Waals surface area contributed by atoms with Gasteiger partial charge < -0.3 is 11.1 Å². The van der Waals surface area contributed by atoms with E-state index in [0.29, 0.717) is 0 Å². The third-order valence-electron chi connectivity index (χ3n) is 2.87. The Morgan fingerprint density at radius 1 is 1.38 bits per heavy atom. The lowest BCUT2D eigenvalue weighted by Gasteiger charge is -2.35. The summed E-state index contributed by atoms with van der Waals surface area (Å²) in [4.78, 5) is 11.6. The summed E-state index contributed by atoms with van der Waals surface area (Å²) in [7, 11) is 0. The minimum absolute atomic E-state index is 0.247. The first-order valence-corrected chi connectivity index (χ1v) is 6.59. The van der Waals surface area contributed by atoms with Crippen LogP contribution in [0.15, 0.2) is 30.3 Å². The zero-order valence-corrected chi connectivity index (χ0v) is 9.93. The summed E-state index contributed by atoms with van der Waals surface area (Å²) in [5.41, 5.74) is 5.93. The molecule has 0 aromatic heterocycles. The highest BCUT2D eigenvalue weighted by Gasteiger charge is 2.38. The molecule has 0 aliphatic carbocycles. The summed E-state index contributed by atoms with van der Waals surface area (Å²) in [6, 6.07) is 9.78. The number of primary amides is 1. The molecule has 16 heavy (non-hydrogen) atoms. The third kappa shape index (κ3) is 2.32. The van der Waals surface area contributed by atoms with E-state index in [1.807, 2.05) is 30.3 Å². The quantitative estimate of drug-likeness (QED) is 0.842. The molecule has 2 rings (SSSR count). The van der Waals surface area contributed by atoms with Crippen molar-refractivity contribution in [3.8, 4) is 0 Å². The molecule has 1 fully saturated rings. The first kappa shape index (κ1) is 11.3. The number of nitrogens with two attached hydrogens (primary N) is 1. The normalized spacial score (nSPS) is 25.0. The van der Waals surface area contributed by atoms with Crippen LogP contribution in [0.4, 0.5) is 5.69 Å². The van der Waals surface area contributed by atoms with Crippen LogP contribution in [0, 0.1) is 0 Å². The highest BCUT2D eigenvalue weighted by molar-refractivity contribution is 7.99. The smallest absolute Gasteiger partial charge is 0.243 e. The maximum absolute atomic E-state index is 11.6. The van der Waals surface area contributed by atoms with E-state index in [0.717, 1.165) is 30.0 Å². The van der Waals surface area contributed by atoms with Crippen molar-refractivity contribution in [3.63, 3.8) is 0 Å². The molecule has 0 spiro atoms. The van der Waals surface area contributed by atoms with E-state index in [1.165, 1.54) is 0 Å². The Morgan fingerprint density at radius 3 is 2.69 bits per heavy atom. The lowest BCUT2D eigenvalue weighted by Crippen LogP contribution is -2.54. The second-order valence-electron chi connectivity index (χ2n) is 4.09. The van der Waals surface area contributed by atoms with Gasteiger partial charge in [-0.05, 0) is 30.7 Å². The number of amides is 1. The Balaban J connectivity index is 2.17. The molecule has 1 atom stereocenters. The van der Waals surface area contributed by atoms with Crippen LogP contribution >= 0.6 is 11.8 Å². The first-order valence-electron chi connectivity index (χ1n) is 5.44. The molecule has 1 aliphatic rings. The van der Waals surface area contributed by atoms with E-state index >= 15 is 0 Å². The maximum atomic E-state index is 11.6. The SMILES string of the molecule is NC(=O)C1(Nc2ccccc2)CCCSC1. The number of hydrogen-bond donors (Lipinski definition) is 2. The molecule has 1 aliphatic heterocycles. The average Bonchev–Trinajstić information content (AvgIpc) is 2.31. The van der Waals surface area contributed by atoms with Gasteiger partial charge in [0.1, 0.15) is 5.54 Å². The summed E-state index contributed by atoms with van der Waals surface area (Å²) in [6.07, 6.45) is 1.86. The van der Waals surface area contributed by atoms with Crippen molar-refractivity contribution in [2.45, 2.75) is 18.4 Å². The van der Waals surface area contributed by atoms with Gasteiger partial charge in [-0.25, -0.2) is 0 Å². The number of rotatable bonds is 3. The van der Waals surface area contributed by atoms with Gasteiger partial charge in [-0.1, -0.05) is 18.2 Å². The van der Waals surface area contributed by atoms with E-state index in [1.54, 1.807) is 11.8 Å². The van der Waals surface area contributed by atoms with Crippen LogP contribution in [-0.4, -0.2) is 23.0 Å². The highest BCUT2D eigenvalue weighted by atomic mass is 32.2. The van der Waals surface area contributed by atoms with Gasteiger partial charge in [-0.15, -0.1) is 0 Å². The van der Waals surface area contributed by atoms with E-state index in [9.17, 15) is 4.79 Å². The molecule has 1 amide bonds. The minimum atomic E-state index is -0.565. The number of carbonyl (C=O) groups is 1. The number of anilines is 1. The lowest BCUT2D eigenvalue weighted by atomic mass is 9.94. The van der Waals surface area contributed by atoms with Gasteiger partial charge in [0, 0.05) is 11.4 Å². The topological polar surface area (TPSA) is 55.1 Å². The second kappa shape index (κ2) is 4.78. The van der Waals surface area contributed by atoms with Crippen molar-refractivity contribution in [2.24, 2.45) is 5.73 Å².